The second-order valence-electron chi connectivity index (χ2n) is 4.69. The van der Waals surface area contributed by atoms with Crippen LogP contribution in [0.25, 0.3) is 0 Å². The molecule has 0 aromatic carbocycles. The average Bonchev–Trinajstić information content (AvgIpc) is 2.95. The summed E-state index contributed by atoms with van der Waals surface area (Å²) in [5.41, 5.74) is 1.09. The molecule has 1 amide bonds. The van der Waals surface area contributed by atoms with E-state index in [0.717, 1.165) is 20.0 Å². The van der Waals surface area contributed by atoms with Gasteiger partial charge in [0, 0.05) is 11.9 Å². The van der Waals surface area contributed by atoms with Gasteiger partial charge in [0.2, 0.25) is 5.91 Å². The Hall–Kier alpha value is -1.09. The van der Waals surface area contributed by atoms with Crippen LogP contribution in [0.4, 0.5) is 5.82 Å². The van der Waals surface area contributed by atoms with Crippen LogP contribution < -0.4 is 5.32 Å². The summed E-state index contributed by atoms with van der Waals surface area (Å²) in [7, 11) is 0. The van der Waals surface area contributed by atoms with Crippen LogP contribution in [-0.4, -0.2) is 32.1 Å². The number of anilines is 1. The molecule has 122 valence electrons. The van der Waals surface area contributed by atoms with Crippen molar-refractivity contribution in [3.63, 3.8) is 0 Å². The van der Waals surface area contributed by atoms with Gasteiger partial charge in [-0.3, -0.25) is 4.79 Å². The van der Waals surface area contributed by atoms with Crippen molar-refractivity contribution in [2.45, 2.75) is 27.8 Å². The third-order valence-electron chi connectivity index (χ3n) is 2.46. The summed E-state index contributed by atoms with van der Waals surface area (Å²) in [4.78, 5) is 16.2. The minimum Gasteiger partial charge on any atom is -0.310 e. The monoisotopic (exact) mass is 386 g/mol. The first-order valence-corrected chi connectivity index (χ1v) is 9.70. The van der Waals surface area contributed by atoms with Gasteiger partial charge >= 0.3 is 0 Å². The Kier molecular flexibility index (Phi) is 6.88. The largest absolute Gasteiger partial charge is 0.310 e. The highest BCUT2D eigenvalue weighted by atomic mass is 35.5. The third kappa shape index (κ3) is 6.14. The maximum Gasteiger partial charge on any atom is 0.238 e. The predicted molar refractivity (Wildman–Crippen MR) is 98.6 cm³/mol. The van der Waals surface area contributed by atoms with Gasteiger partial charge in [-0.2, -0.15) is 0 Å². The summed E-state index contributed by atoms with van der Waals surface area (Å²) in [5.74, 6) is 1.15. The van der Waals surface area contributed by atoms with Crippen LogP contribution in [0.15, 0.2) is 39.2 Å². The van der Waals surface area contributed by atoms with Crippen LogP contribution in [0.3, 0.4) is 0 Å². The first-order valence-electron chi connectivity index (χ1n) is 6.64. The van der Waals surface area contributed by atoms with Gasteiger partial charge in [0.15, 0.2) is 8.68 Å². The zero-order valence-electron chi connectivity index (χ0n) is 12.6. The third-order valence-corrected chi connectivity index (χ3v) is 6.15. The minimum absolute atomic E-state index is 0.142. The fourth-order valence-electron chi connectivity index (χ4n) is 1.37. The topological polar surface area (TPSA) is 67.8 Å². The van der Waals surface area contributed by atoms with Gasteiger partial charge in [0.25, 0.3) is 0 Å². The molecule has 5 nitrogen and oxygen atoms in total. The van der Waals surface area contributed by atoms with Crippen LogP contribution in [0, 0.1) is 0 Å². The van der Waals surface area contributed by atoms with Gasteiger partial charge in [-0.1, -0.05) is 58.6 Å². The number of hydrogen-bond donors (Lipinski definition) is 1. The maximum atomic E-state index is 12.2. The number of carbonyl (C=O) groups excluding carboxylic acids is 1. The zero-order valence-corrected chi connectivity index (χ0v) is 15.8. The van der Waals surface area contributed by atoms with E-state index < -0.39 is 0 Å². The Balaban J connectivity index is 1.88. The summed E-state index contributed by atoms with van der Waals surface area (Å²) < 4.78 is 1.64. The van der Waals surface area contributed by atoms with E-state index in [-0.39, 0.29) is 11.2 Å². The number of halogens is 1. The Morgan fingerprint density at radius 2 is 2.17 bits per heavy atom. The molecule has 0 aliphatic heterocycles. The van der Waals surface area contributed by atoms with Crippen LogP contribution >= 0.6 is 46.5 Å². The molecule has 2 aromatic rings. The molecule has 0 fully saturated rings. The van der Waals surface area contributed by atoms with E-state index in [1.165, 1.54) is 29.3 Å². The standard InChI is InChI=1S/C14H15ClN4OS3/c1-8(2)7-21-13-18-19-14(23-13)22-9(3)12(20)17-11-5-4-10(15)6-16-11/h4-6,9H,1,7H2,2-3H3,(H,16,17,20)/t9-/m1/s1. The molecule has 1 atom stereocenters. The molecule has 0 bridgehead atoms. The lowest BCUT2D eigenvalue weighted by atomic mass is 10.4. The van der Waals surface area contributed by atoms with E-state index in [4.69, 9.17) is 11.6 Å². The van der Waals surface area contributed by atoms with Crippen molar-refractivity contribution >= 4 is 58.2 Å². The van der Waals surface area contributed by atoms with Crippen molar-refractivity contribution < 1.29 is 4.79 Å². The number of nitrogens with zero attached hydrogens (tertiary/aromatic N) is 3. The molecular formula is C14H15ClN4OS3. The SMILES string of the molecule is C=C(C)CSc1nnc(S[C@H](C)C(=O)Nc2ccc(Cl)cn2)s1. The Bertz CT molecular complexity index is 690. The number of hydrogen-bond acceptors (Lipinski definition) is 7. The number of nitrogens with one attached hydrogen (secondary N) is 1. The molecule has 0 spiro atoms. The first-order chi connectivity index (χ1) is 10.9. The van der Waals surface area contributed by atoms with E-state index >= 15 is 0 Å². The first kappa shape index (κ1) is 18.3. The van der Waals surface area contributed by atoms with Crippen LogP contribution in [0.5, 0.6) is 0 Å². The van der Waals surface area contributed by atoms with Crippen LogP contribution in [0.2, 0.25) is 5.02 Å². The Morgan fingerprint density at radius 1 is 1.43 bits per heavy atom. The molecule has 0 unspecified atom stereocenters. The molecule has 9 heteroatoms. The number of thioether (sulfide) groups is 2. The van der Waals surface area contributed by atoms with Gasteiger partial charge < -0.3 is 5.32 Å². The van der Waals surface area contributed by atoms with Crippen molar-refractivity contribution in [3.8, 4) is 0 Å². The maximum absolute atomic E-state index is 12.2. The molecule has 1 N–H and O–H groups in total. The fraction of sp³-hybridized carbons (Fsp3) is 0.286. The number of aromatic nitrogens is 3. The van der Waals surface area contributed by atoms with Crippen LogP contribution in [0.1, 0.15) is 13.8 Å². The minimum atomic E-state index is -0.306. The lowest BCUT2D eigenvalue weighted by Gasteiger charge is -2.09. The van der Waals surface area contributed by atoms with E-state index in [2.05, 4.69) is 27.1 Å². The van der Waals surface area contributed by atoms with Gasteiger partial charge in [-0.25, -0.2) is 4.98 Å². The molecule has 2 heterocycles. The Morgan fingerprint density at radius 3 is 2.83 bits per heavy atom. The summed E-state index contributed by atoms with van der Waals surface area (Å²) in [6, 6.07) is 3.34. The highest BCUT2D eigenvalue weighted by molar-refractivity contribution is 8.04. The lowest BCUT2D eigenvalue weighted by Crippen LogP contribution is -2.22. The van der Waals surface area contributed by atoms with E-state index in [9.17, 15) is 4.79 Å². The van der Waals surface area contributed by atoms with Crippen LogP contribution in [-0.2, 0) is 4.79 Å². The quantitative estimate of drug-likeness (QED) is 0.562. The molecule has 2 aromatic heterocycles. The normalized spacial score (nSPS) is 12.0. The second-order valence-corrected chi connectivity index (χ2v) is 8.91. The molecule has 0 saturated carbocycles. The van der Waals surface area contributed by atoms with Crippen molar-refractivity contribution in [1.82, 2.24) is 15.2 Å². The second kappa shape index (κ2) is 8.68. The molecule has 0 saturated heterocycles. The van der Waals surface area contributed by atoms with E-state index in [1.807, 2.05) is 13.8 Å². The molecule has 0 aliphatic carbocycles. The molecule has 0 radical (unpaired) electrons. The summed E-state index contributed by atoms with van der Waals surface area (Å²) >= 11 is 10.2. The summed E-state index contributed by atoms with van der Waals surface area (Å²) in [6.45, 7) is 7.65. The fourth-order valence-corrected chi connectivity index (χ4v) is 4.49. The van der Waals surface area contributed by atoms with Gasteiger partial charge in [0.1, 0.15) is 5.82 Å². The molecule has 2 rings (SSSR count). The van der Waals surface area contributed by atoms with E-state index in [0.29, 0.717) is 10.8 Å². The zero-order chi connectivity index (χ0) is 16.8. The number of amides is 1. The summed E-state index contributed by atoms with van der Waals surface area (Å²) in [6.07, 6.45) is 1.49. The number of rotatable bonds is 7. The van der Waals surface area contributed by atoms with Crippen molar-refractivity contribution in [1.29, 1.82) is 0 Å². The molecular weight excluding hydrogens is 372 g/mol. The Labute approximate surface area is 152 Å². The average molecular weight is 387 g/mol. The van der Waals surface area contributed by atoms with Gasteiger partial charge in [0.05, 0.1) is 10.3 Å². The molecule has 0 aliphatic rings. The highest BCUT2D eigenvalue weighted by Crippen LogP contribution is 2.32. The summed E-state index contributed by atoms with van der Waals surface area (Å²) in [5, 5.41) is 11.2. The van der Waals surface area contributed by atoms with Crippen molar-refractivity contribution in [2.75, 3.05) is 11.1 Å². The molecule has 23 heavy (non-hydrogen) atoms. The highest BCUT2D eigenvalue weighted by Gasteiger charge is 2.17. The van der Waals surface area contributed by atoms with Gasteiger partial charge in [-0.15, -0.1) is 10.2 Å². The van der Waals surface area contributed by atoms with E-state index in [1.54, 1.807) is 23.9 Å². The number of pyridine rings is 1. The number of carbonyl (C=O) groups is 1. The smallest absolute Gasteiger partial charge is 0.238 e. The van der Waals surface area contributed by atoms with Crippen molar-refractivity contribution in [3.05, 3.63) is 35.5 Å². The van der Waals surface area contributed by atoms with Crippen molar-refractivity contribution in [2.24, 2.45) is 0 Å². The van der Waals surface area contributed by atoms with Gasteiger partial charge in [-0.05, 0) is 26.0 Å². The predicted octanol–water partition coefficient (Wildman–Crippen LogP) is 4.37. The lowest BCUT2D eigenvalue weighted by molar-refractivity contribution is -0.115.